The van der Waals surface area contributed by atoms with Crippen LogP contribution in [0.25, 0.3) is 0 Å². The lowest BCUT2D eigenvalue weighted by atomic mass is 9.76. The second kappa shape index (κ2) is 9.19. The predicted octanol–water partition coefficient (Wildman–Crippen LogP) is -0.196. The van der Waals surface area contributed by atoms with Crippen LogP contribution in [0, 0.1) is 0 Å². The number of aromatic nitrogens is 2. The molecule has 1 fully saturated rings. The van der Waals surface area contributed by atoms with E-state index in [9.17, 15) is 5.11 Å². The predicted molar refractivity (Wildman–Crippen MR) is 83.5 cm³/mol. The molecule has 1 saturated heterocycles. The molecule has 1 aromatic heterocycles. The van der Waals surface area contributed by atoms with Gasteiger partial charge in [0.15, 0.2) is 0 Å². The normalized spacial score (nSPS) is 16.8. The molecule has 0 unspecified atom stereocenters. The first-order chi connectivity index (χ1) is 10.3. The molecule has 0 amide bonds. The van der Waals surface area contributed by atoms with Crippen LogP contribution < -0.4 is 15.0 Å². The van der Waals surface area contributed by atoms with Gasteiger partial charge in [-0.1, -0.05) is 13.2 Å². The summed E-state index contributed by atoms with van der Waals surface area (Å²) in [5, 5.41) is 13.0. The maximum Gasteiger partial charge on any atom is 0.270 e. The van der Waals surface area contributed by atoms with E-state index in [0.29, 0.717) is 25.6 Å². The number of aliphatic hydroxyl groups excluding tert-OH is 1. The third-order valence-corrected chi connectivity index (χ3v) is 3.62. The van der Waals surface area contributed by atoms with Gasteiger partial charge < -0.3 is 24.8 Å². The molecule has 0 spiro atoms. The van der Waals surface area contributed by atoms with E-state index in [0.717, 1.165) is 43.4 Å². The van der Waals surface area contributed by atoms with Crippen molar-refractivity contribution in [2.45, 2.75) is 19.3 Å². The standard InChI is InChI=1S/C12H22BN4O3S/c1-2-13-9-14-7-10(18)8-20-12-11(15-21-16-12)17-3-5-19-6-4-17/h10,14,18H,2-9H2,1H3/t10-/m0/s1. The van der Waals surface area contributed by atoms with E-state index in [1.54, 1.807) is 0 Å². The van der Waals surface area contributed by atoms with Gasteiger partial charge in [0, 0.05) is 19.6 Å². The first-order valence-electron chi connectivity index (χ1n) is 7.29. The summed E-state index contributed by atoms with van der Waals surface area (Å²) >= 11 is 1.13. The molecule has 117 valence electrons. The summed E-state index contributed by atoms with van der Waals surface area (Å²) in [6.45, 7) is 5.76. The molecular weight excluding hydrogens is 291 g/mol. The zero-order chi connectivity index (χ0) is 14.9. The van der Waals surface area contributed by atoms with Crippen LogP contribution >= 0.6 is 11.7 Å². The second-order valence-electron chi connectivity index (χ2n) is 4.81. The quantitative estimate of drug-likeness (QED) is 0.483. The van der Waals surface area contributed by atoms with Crippen molar-refractivity contribution < 1.29 is 14.6 Å². The minimum absolute atomic E-state index is 0.210. The Morgan fingerprint density at radius 2 is 2.29 bits per heavy atom. The van der Waals surface area contributed by atoms with Crippen molar-refractivity contribution in [2.24, 2.45) is 0 Å². The highest BCUT2D eigenvalue weighted by molar-refractivity contribution is 6.99. The Bertz CT molecular complexity index is 404. The van der Waals surface area contributed by atoms with Crippen molar-refractivity contribution in [3.63, 3.8) is 0 Å². The maximum absolute atomic E-state index is 9.87. The van der Waals surface area contributed by atoms with E-state index >= 15 is 0 Å². The highest BCUT2D eigenvalue weighted by Crippen LogP contribution is 2.26. The number of hydrogen-bond acceptors (Lipinski definition) is 8. The molecule has 0 aromatic carbocycles. The molecule has 1 aromatic rings. The molecule has 1 aliphatic heterocycles. The molecule has 1 atom stereocenters. The average molecular weight is 313 g/mol. The van der Waals surface area contributed by atoms with E-state index in [4.69, 9.17) is 9.47 Å². The number of morpholine rings is 1. The van der Waals surface area contributed by atoms with Gasteiger partial charge in [-0.3, -0.25) is 0 Å². The van der Waals surface area contributed by atoms with Crippen LogP contribution in [-0.4, -0.2) is 73.1 Å². The van der Waals surface area contributed by atoms with Gasteiger partial charge in [0.2, 0.25) is 5.82 Å². The van der Waals surface area contributed by atoms with E-state index in [2.05, 4.69) is 33.2 Å². The molecule has 9 heteroatoms. The Morgan fingerprint density at radius 3 is 3.05 bits per heavy atom. The van der Waals surface area contributed by atoms with Gasteiger partial charge in [0.05, 0.1) is 24.9 Å². The largest absolute Gasteiger partial charge is 0.472 e. The van der Waals surface area contributed by atoms with E-state index in [1.807, 2.05) is 0 Å². The monoisotopic (exact) mass is 313 g/mol. The fraction of sp³-hybridized carbons (Fsp3) is 0.833. The SMILES string of the molecule is CC[B]CNC[C@H](O)COc1nsnc1N1CCOCC1. The van der Waals surface area contributed by atoms with Crippen molar-refractivity contribution in [3.05, 3.63) is 0 Å². The number of ether oxygens (including phenoxy) is 2. The van der Waals surface area contributed by atoms with E-state index in [1.165, 1.54) is 0 Å². The number of anilines is 1. The minimum Gasteiger partial charge on any atom is -0.472 e. The molecular formula is C12H22BN4O3S. The van der Waals surface area contributed by atoms with Gasteiger partial charge in [-0.25, -0.2) is 0 Å². The lowest BCUT2D eigenvalue weighted by Crippen LogP contribution is -2.37. The van der Waals surface area contributed by atoms with Crippen LogP contribution in [0.2, 0.25) is 6.32 Å². The first-order valence-corrected chi connectivity index (χ1v) is 8.02. The van der Waals surface area contributed by atoms with Crippen LogP contribution in [0.15, 0.2) is 0 Å². The van der Waals surface area contributed by atoms with Gasteiger partial charge in [0.1, 0.15) is 20.0 Å². The molecule has 21 heavy (non-hydrogen) atoms. The molecule has 1 radical (unpaired) electrons. The van der Waals surface area contributed by atoms with Crippen LogP contribution in [0.3, 0.4) is 0 Å². The topological polar surface area (TPSA) is 79.7 Å². The zero-order valence-corrected chi connectivity index (χ0v) is 13.1. The summed E-state index contributed by atoms with van der Waals surface area (Å²) in [6.07, 6.45) is 1.26. The Hall–Kier alpha value is -0.895. The lowest BCUT2D eigenvalue weighted by Gasteiger charge is -2.26. The number of nitrogens with one attached hydrogen (secondary N) is 1. The molecule has 2 rings (SSSR count). The summed E-state index contributed by atoms with van der Waals surface area (Å²) < 4.78 is 19.4. The number of hydrogen-bond donors (Lipinski definition) is 2. The maximum atomic E-state index is 9.87. The summed E-state index contributed by atoms with van der Waals surface area (Å²) in [4.78, 5) is 2.10. The molecule has 1 aliphatic rings. The van der Waals surface area contributed by atoms with Gasteiger partial charge in [-0.2, -0.15) is 4.37 Å². The summed E-state index contributed by atoms with van der Waals surface area (Å²) in [5.41, 5.74) is 0. The highest BCUT2D eigenvalue weighted by Gasteiger charge is 2.20. The number of nitrogens with zero attached hydrogens (tertiary/aromatic N) is 3. The second-order valence-corrected chi connectivity index (χ2v) is 5.34. The number of aliphatic hydroxyl groups is 1. The lowest BCUT2D eigenvalue weighted by molar-refractivity contribution is 0.104. The van der Waals surface area contributed by atoms with Crippen molar-refractivity contribution in [2.75, 3.05) is 50.8 Å². The van der Waals surface area contributed by atoms with Gasteiger partial charge >= 0.3 is 0 Å². The zero-order valence-electron chi connectivity index (χ0n) is 12.3. The van der Waals surface area contributed by atoms with Crippen LogP contribution in [0.1, 0.15) is 6.92 Å². The van der Waals surface area contributed by atoms with Gasteiger partial charge in [-0.05, 0) is 6.44 Å². The number of rotatable bonds is 9. The Labute approximate surface area is 130 Å². The summed E-state index contributed by atoms with van der Waals surface area (Å²) in [7, 11) is 2.12. The van der Waals surface area contributed by atoms with E-state index in [-0.39, 0.29) is 6.61 Å². The van der Waals surface area contributed by atoms with E-state index < -0.39 is 6.10 Å². The first kappa shape index (κ1) is 16.5. The highest BCUT2D eigenvalue weighted by atomic mass is 32.1. The van der Waals surface area contributed by atoms with Gasteiger partial charge in [0.25, 0.3) is 5.88 Å². The minimum atomic E-state index is -0.561. The smallest absolute Gasteiger partial charge is 0.270 e. The van der Waals surface area contributed by atoms with Crippen molar-refractivity contribution in [1.29, 1.82) is 0 Å². The van der Waals surface area contributed by atoms with Crippen molar-refractivity contribution >= 4 is 24.8 Å². The molecule has 7 nitrogen and oxygen atoms in total. The third-order valence-electron chi connectivity index (χ3n) is 3.12. The summed E-state index contributed by atoms with van der Waals surface area (Å²) in [6, 6.07) is 0. The van der Waals surface area contributed by atoms with Crippen LogP contribution in [0.5, 0.6) is 5.88 Å². The van der Waals surface area contributed by atoms with Gasteiger partial charge in [-0.15, -0.1) is 4.37 Å². The summed E-state index contributed by atoms with van der Waals surface area (Å²) in [5.74, 6) is 1.25. The molecule has 0 bridgehead atoms. The van der Waals surface area contributed by atoms with Crippen molar-refractivity contribution in [1.82, 2.24) is 14.1 Å². The molecule has 2 N–H and O–H groups in total. The Kier molecular flexibility index (Phi) is 7.21. The Balaban J connectivity index is 1.74. The Morgan fingerprint density at radius 1 is 1.48 bits per heavy atom. The molecule has 2 heterocycles. The average Bonchev–Trinajstić information content (AvgIpc) is 2.99. The molecule has 0 aliphatic carbocycles. The fourth-order valence-electron chi connectivity index (χ4n) is 1.97. The molecule has 0 saturated carbocycles. The van der Waals surface area contributed by atoms with Crippen LogP contribution in [0.4, 0.5) is 5.82 Å². The fourth-order valence-corrected chi connectivity index (χ4v) is 2.49. The third kappa shape index (κ3) is 5.42. The van der Waals surface area contributed by atoms with Crippen molar-refractivity contribution in [3.8, 4) is 5.88 Å². The van der Waals surface area contributed by atoms with Crippen LogP contribution in [-0.2, 0) is 4.74 Å².